The van der Waals surface area contributed by atoms with E-state index in [1.165, 1.54) is 7.11 Å². The lowest BCUT2D eigenvalue weighted by atomic mass is 9.90. The van der Waals surface area contributed by atoms with Gasteiger partial charge in [-0.05, 0) is 31.3 Å². The molecule has 0 radical (unpaired) electrons. The van der Waals surface area contributed by atoms with Crippen LogP contribution in [-0.4, -0.2) is 24.2 Å². The lowest BCUT2D eigenvalue weighted by molar-refractivity contribution is -0.136. The van der Waals surface area contributed by atoms with Crippen molar-refractivity contribution in [3.63, 3.8) is 0 Å². The van der Waals surface area contributed by atoms with E-state index in [1.54, 1.807) is 0 Å². The lowest BCUT2D eigenvalue weighted by Crippen LogP contribution is -2.13. The third-order valence-electron chi connectivity index (χ3n) is 2.38. The Labute approximate surface area is 82.6 Å². The van der Waals surface area contributed by atoms with Crippen molar-refractivity contribution in [3.05, 3.63) is 11.1 Å². The van der Waals surface area contributed by atoms with E-state index in [0.717, 1.165) is 18.4 Å². The average molecular weight is 198 g/mol. The maximum atomic E-state index is 11.3. The van der Waals surface area contributed by atoms with Crippen molar-refractivity contribution in [1.29, 1.82) is 0 Å². The first-order valence-corrected chi connectivity index (χ1v) is 4.66. The molecule has 0 aromatic heterocycles. The van der Waals surface area contributed by atoms with Gasteiger partial charge in [-0.2, -0.15) is 0 Å². The van der Waals surface area contributed by atoms with Crippen molar-refractivity contribution in [2.24, 2.45) is 0 Å². The van der Waals surface area contributed by atoms with Crippen LogP contribution in [0.2, 0.25) is 0 Å². The molecule has 0 saturated heterocycles. The molecule has 0 aromatic rings. The lowest BCUT2D eigenvalue weighted by Gasteiger charge is -2.17. The Morgan fingerprint density at radius 3 is 2.57 bits per heavy atom. The van der Waals surface area contributed by atoms with Crippen LogP contribution in [0, 0.1) is 0 Å². The summed E-state index contributed by atoms with van der Waals surface area (Å²) in [6.45, 7) is 0. The van der Waals surface area contributed by atoms with E-state index >= 15 is 0 Å². The summed E-state index contributed by atoms with van der Waals surface area (Å²) in [7, 11) is 1.32. The molecule has 0 spiro atoms. The highest BCUT2D eigenvalue weighted by atomic mass is 16.5. The third kappa shape index (κ3) is 2.58. The monoisotopic (exact) mass is 198 g/mol. The Hall–Kier alpha value is -1.32. The second-order valence-corrected chi connectivity index (χ2v) is 3.35. The van der Waals surface area contributed by atoms with Gasteiger partial charge in [0.2, 0.25) is 0 Å². The van der Waals surface area contributed by atoms with Crippen LogP contribution >= 0.6 is 0 Å². The Balaban J connectivity index is 2.84. The Bertz CT molecular complexity index is 278. The summed E-state index contributed by atoms with van der Waals surface area (Å²) in [5, 5.41) is 8.65. The van der Waals surface area contributed by atoms with Crippen LogP contribution in [-0.2, 0) is 14.3 Å². The number of hydrogen-bond donors (Lipinski definition) is 1. The van der Waals surface area contributed by atoms with E-state index in [4.69, 9.17) is 5.11 Å². The van der Waals surface area contributed by atoms with Crippen LogP contribution < -0.4 is 0 Å². The molecule has 14 heavy (non-hydrogen) atoms. The molecule has 1 aliphatic carbocycles. The number of hydrogen-bond acceptors (Lipinski definition) is 3. The molecular weight excluding hydrogens is 184 g/mol. The molecule has 4 heteroatoms. The molecule has 0 amide bonds. The number of carbonyl (C=O) groups excluding carboxylic acids is 1. The zero-order chi connectivity index (χ0) is 10.6. The molecule has 0 aromatic carbocycles. The average Bonchev–Trinajstić information content (AvgIpc) is 2.16. The second kappa shape index (κ2) is 4.79. The van der Waals surface area contributed by atoms with E-state index in [1.807, 2.05) is 0 Å². The van der Waals surface area contributed by atoms with Crippen LogP contribution in [0.1, 0.15) is 32.1 Å². The molecule has 1 N–H and O–H groups in total. The summed E-state index contributed by atoms with van der Waals surface area (Å²) in [5.41, 5.74) is 1.30. The number of carboxylic acids is 1. The van der Waals surface area contributed by atoms with Gasteiger partial charge in [0.15, 0.2) is 0 Å². The molecule has 0 fully saturated rings. The summed E-state index contributed by atoms with van der Waals surface area (Å²) in [5.74, 6) is -1.26. The molecule has 78 valence electrons. The maximum Gasteiger partial charge on any atom is 0.333 e. The fraction of sp³-hybridized carbons (Fsp3) is 0.600. The van der Waals surface area contributed by atoms with Crippen molar-refractivity contribution in [3.8, 4) is 0 Å². The number of carboxylic acid groups (broad SMARTS) is 1. The smallest absolute Gasteiger partial charge is 0.333 e. The Morgan fingerprint density at radius 1 is 1.36 bits per heavy atom. The second-order valence-electron chi connectivity index (χ2n) is 3.35. The molecular formula is C10H14O4. The van der Waals surface area contributed by atoms with Gasteiger partial charge >= 0.3 is 11.9 Å². The molecule has 0 atom stereocenters. The first-order valence-electron chi connectivity index (χ1n) is 4.66. The van der Waals surface area contributed by atoms with Crippen molar-refractivity contribution in [2.45, 2.75) is 32.1 Å². The molecule has 1 aliphatic rings. The van der Waals surface area contributed by atoms with Gasteiger partial charge in [-0.15, -0.1) is 0 Å². The first kappa shape index (κ1) is 10.8. The SMILES string of the molecule is COC(=O)C1=C(CC(=O)O)CCCC1. The first-order chi connectivity index (χ1) is 6.65. The van der Waals surface area contributed by atoms with E-state index < -0.39 is 5.97 Å². The minimum atomic E-state index is -0.886. The minimum absolute atomic E-state index is 0.0373. The molecule has 0 aliphatic heterocycles. The summed E-state index contributed by atoms with van der Waals surface area (Å²) in [4.78, 5) is 21.8. The van der Waals surface area contributed by atoms with Crippen LogP contribution in [0.15, 0.2) is 11.1 Å². The quantitative estimate of drug-likeness (QED) is 0.698. The molecule has 0 unspecified atom stereocenters. The molecule has 0 heterocycles. The van der Waals surface area contributed by atoms with Gasteiger partial charge in [0, 0.05) is 5.57 Å². The highest BCUT2D eigenvalue weighted by Crippen LogP contribution is 2.27. The molecule has 4 nitrogen and oxygen atoms in total. The van der Waals surface area contributed by atoms with Crippen molar-refractivity contribution >= 4 is 11.9 Å². The largest absolute Gasteiger partial charge is 0.481 e. The minimum Gasteiger partial charge on any atom is -0.481 e. The number of ether oxygens (including phenoxy) is 1. The number of rotatable bonds is 3. The number of methoxy groups -OCH3 is 1. The summed E-state index contributed by atoms with van der Waals surface area (Å²) >= 11 is 0. The van der Waals surface area contributed by atoms with E-state index in [9.17, 15) is 9.59 Å². The van der Waals surface area contributed by atoms with Crippen molar-refractivity contribution in [1.82, 2.24) is 0 Å². The van der Waals surface area contributed by atoms with Crippen molar-refractivity contribution < 1.29 is 19.4 Å². The van der Waals surface area contributed by atoms with Gasteiger partial charge < -0.3 is 9.84 Å². The predicted molar refractivity (Wildman–Crippen MR) is 49.8 cm³/mol. The van der Waals surface area contributed by atoms with E-state index in [2.05, 4.69) is 4.74 Å². The van der Waals surface area contributed by atoms with Crippen LogP contribution in [0.25, 0.3) is 0 Å². The topological polar surface area (TPSA) is 63.6 Å². The normalized spacial score (nSPS) is 16.6. The van der Waals surface area contributed by atoms with E-state index in [-0.39, 0.29) is 12.4 Å². The number of aliphatic carboxylic acids is 1. The third-order valence-corrected chi connectivity index (χ3v) is 2.38. The summed E-state index contributed by atoms with van der Waals surface area (Å²) < 4.78 is 4.61. The Kier molecular flexibility index (Phi) is 3.68. The van der Waals surface area contributed by atoms with Gasteiger partial charge in [0.05, 0.1) is 13.5 Å². The van der Waals surface area contributed by atoms with Crippen LogP contribution in [0.4, 0.5) is 0 Å². The highest BCUT2D eigenvalue weighted by molar-refractivity contribution is 5.90. The summed E-state index contributed by atoms with van der Waals surface area (Å²) in [6.07, 6.45) is 3.22. The molecule has 0 saturated carbocycles. The number of esters is 1. The molecule has 1 rings (SSSR count). The number of carbonyl (C=O) groups is 2. The van der Waals surface area contributed by atoms with E-state index in [0.29, 0.717) is 18.4 Å². The van der Waals surface area contributed by atoms with Gasteiger partial charge in [0.25, 0.3) is 0 Å². The fourth-order valence-electron chi connectivity index (χ4n) is 1.72. The molecule has 0 bridgehead atoms. The maximum absolute atomic E-state index is 11.3. The zero-order valence-electron chi connectivity index (χ0n) is 8.21. The van der Waals surface area contributed by atoms with Gasteiger partial charge in [-0.3, -0.25) is 4.79 Å². The van der Waals surface area contributed by atoms with Gasteiger partial charge in [0.1, 0.15) is 0 Å². The van der Waals surface area contributed by atoms with Gasteiger partial charge in [-0.25, -0.2) is 4.79 Å². The van der Waals surface area contributed by atoms with Crippen molar-refractivity contribution in [2.75, 3.05) is 7.11 Å². The fourth-order valence-corrected chi connectivity index (χ4v) is 1.72. The summed E-state index contributed by atoms with van der Waals surface area (Å²) in [6, 6.07) is 0. The Morgan fingerprint density at radius 2 is 2.00 bits per heavy atom. The predicted octanol–water partition coefficient (Wildman–Crippen LogP) is 1.50. The zero-order valence-corrected chi connectivity index (χ0v) is 8.21. The van der Waals surface area contributed by atoms with Gasteiger partial charge in [-0.1, -0.05) is 0 Å². The van der Waals surface area contributed by atoms with Crippen LogP contribution in [0.3, 0.4) is 0 Å². The van der Waals surface area contributed by atoms with Crippen LogP contribution in [0.5, 0.6) is 0 Å². The standard InChI is InChI=1S/C10H14O4/c1-14-10(13)8-5-3-2-4-7(8)6-9(11)12/h2-6H2,1H3,(H,11,12). The highest BCUT2D eigenvalue weighted by Gasteiger charge is 2.20.